The van der Waals surface area contributed by atoms with Crippen molar-refractivity contribution in [1.29, 1.82) is 0 Å². The minimum Gasteiger partial charge on any atom is -0.329 e. The van der Waals surface area contributed by atoms with Crippen LogP contribution in [0.25, 0.3) is 0 Å². The topological polar surface area (TPSA) is 108 Å². The maximum absolute atomic E-state index is 12.1. The number of para-hydroxylation sites is 1. The van der Waals surface area contributed by atoms with Crippen molar-refractivity contribution in [2.24, 2.45) is 7.05 Å². The first-order valence-corrected chi connectivity index (χ1v) is 12.6. The first-order chi connectivity index (χ1) is 18.9. The van der Waals surface area contributed by atoms with Crippen LogP contribution in [0.5, 0.6) is 0 Å². The molecule has 2 heterocycles. The van der Waals surface area contributed by atoms with Gasteiger partial charge < -0.3 is 20.4 Å². The number of hydrogen-bond acceptors (Lipinski definition) is 7. The summed E-state index contributed by atoms with van der Waals surface area (Å²) in [5.74, 6) is 0.751. The highest BCUT2D eigenvalue weighted by molar-refractivity contribution is 6.32. The second-order valence-corrected chi connectivity index (χ2v) is 9.02. The third-order valence-corrected chi connectivity index (χ3v) is 6.12. The maximum atomic E-state index is 12.1. The van der Waals surface area contributed by atoms with E-state index < -0.39 is 0 Å². The summed E-state index contributed by atoms with van der Waals surface area (Å²) in [6.07, 6.45) is 7.93. The van der Waals surface area contributed by atoms with E-state index in [2.05, 4.69) is 20.7 Å². The Morgan fingerprint density at radius 1 is 1.13 bits per heavy atom. The van der Waals surface area contributed by atoms with Gasteiger partial charge in [0.1, 0.15) is 5.82 Å². The number of aromatic nitrogens is 4. The number of hydrogen-bond donors (Lipinski definition) is 2. The number of halogens is 1. The third-order valence-electron chi connectivity index (χ3n) is 5.85. The largest absolute Gasteiger partial charge is 0.329 e. The van der Waals surface area contributed by atoms with Gasteiger partial charge in [-0.3, -0.25) is 14.3 Å². The van der Waals surface area contributed by atoms with Gasteiger partial charge in [0.05, 0.1) is 5.69 Å². The van der Waals surface area contributed by atoms with E-state index in [4.69, 9.17) is 16.6 Å². The molecule has 2 amide bonds. The fourth-order valence-electron chi connectivity index (χ4n) is 3.94. The van der Waals surface area contributed by atoms with Crippen LogP contribution < -0.4 is 20.4 Å². The quantitative estimate of drug-likeness (QED) is 0.200. The molecule has 4 aromatic rings. The summed E-state index contributed by atoms with van der Waals surface area (Å²) in [7, 11) is 3.65. The van der Waals surface area contributed by atoms with E-state index in [1.54, 1.807) is 42.0 Å². The lowest BCUT2D eigenvalue weighted by Gasteiger charge is -2.24. The lowest BCUT2D eigenvalue weighted by atomic mass is 10.1. The SMILES string of the molecule is C/C=C/C(=O)Nc1cccc(N(C)c2nc(Nc3cn(C)nc3Cl)ncc2CCN(C=O)c2ccccc2)c1. The molecule has 39 heavy (non-hydrogen) atoms. The molecule has 4 rings (SSSR count). The zero-order chi connectivity index (χ0) is 27.8. The van der Waals surface area contributed by atoms with E-state index in [-0.39, 0.29) is 5.91 Å². The average molecular weight is 545 g/mol. The molecule has 200 valence electrons. The average Bonchev–Trinajstić information content (AvgIpc) is 3.26. The van der Waals surface area contributed by atoms with Crippen LogP contribution in [-0.4, -0.2) is 45.7 Å². The normalized spacial score (nSPS) is 10.9. The minimum absolute atomic E-state index is 0.213. The first kappa shape index (κ1) is 27.3. The lowest BCUT2D eigenvalue weighted by molar-refractivity contribution is -0.112. The maximum Gasteiger partial charge on any atom is 0.248 e. The molecule has 0 radical (unpaired) electrons. The standard InChI is InChI=1S/C28H29ClN8O2/c1-4-9-25(39)31-21-10-8-13-23(16-21)36(3)27-20(14-15-37(19-38)22-11-6-5-7-12-22)17-30-28(33-27)32-24-18-35(2)34-26(24)29/h4-13,16-19H,14-15H2,1-3H3,(H,31,39)(H,30,32,33)/b9-4+. The predicted molar refractivity (Wildman–Crippen MR) is 155 cm³/mol. The van der Waals surface area contributed by atoms with Gasteiger partial charge in [0.25, 0.3) is 0 Å². The van der Waals surface area contributed by atoms with Crippen LogP contribution in [0, 0.1) is 0 Å². The van der Waals surface area contributed by atoms with Gasteiger partial charge in [-0.25, -0.2) is 4.98 Å². The van der Waals surface area contributed by atoms with E-state index in [9.17, 15) is 9.59 Å². The number of rotatable bonds is 11. The predicted octanol–water partition coefficient (Wildman–Crippen LogP) is 5.10. The van der Waals surface area contributed by atoms with E-state index in [0.717, 1.165) is 23.3 Å². The van der Waals surface area contributed by atoms with E-state index in [1.807, 2.05) is 66.5 Å². The van der Waals surface area contributed by atoms with Gasteiger partial charge in [0.2, 0.25) is 18.3 Å². The van der Waals surface area contributed by atoms with Crippen molar-refractivity contribution >= 4 is 58.4 Å². The molecule has 2 aromatic heterocycles. The summed E-state index contributed by atoms with van der Waals surface area (Å²) in [6, 6.07) is 16.9. The molecule has 10 nitrogen and oxygen atoms in total. The van der Waals surface area contributed by atoms with Crippen molar-refractivity contribution in [1.82, 2.24) is 19.7 Å². The van der Waals surface area contributed by atoms with Crippen LogP contribution in [0.4, 0.5) is 34.5 Å². The molecular weight excluding hydrogens is 516 g/mol. The van der Waals surface area contributed by atoms with Gasteiger partial charge in [0.15, 0.2) is 5.15 Å². The Morgan fingerprint density at radius 3 is 2.59 bits per heavy atom. The van der Waals surface area contributed by atoms with Gasteiger partial charge >= 0.3 is 0 Å². The highest BCUT2D eigenvalue weighted by Gasteiger charge is 2.17. The van der Waals surface area contributed by atoms with Crippen LogP contribution in [0.3, 0.4) is 0 Å². The second kappa shape index (κ2) is 12.7. The molecule has 0 fully saturated rings. The summed E-state index contributed by atoms with van der Waals surface area (Å²) < 4.78 is 1.59. The monoisotopic (exact) mass is 544 g/mol. The Hall–Kier alpha value is -4.70. The number of anilines is 6. The highest BCUT2D eigenvalue weighted by Crippen LogP contribution is 2.30. The molecule has 0 saturated heterocycles. The molecule has 11 heteroatoms. The fourth-order valence-corrected chi connectivity index (χ4v) is 4.16. The molecule has 0 aliphatic rings. The van der Waals surface area contributed by atoms with Gasteiger partial charge in [-0.2, -0.15) is 10.1 Å². The van der Waals surface area contributed by atoms with Crippen LogP contribution >= 0.6 is 11.6 Å². The summed E-state index contributed by atoms with van der Waals surface area (Å²) in [6.45, 7) is 2.21. The second-order valence-electron chi connectivity index (χ2n) is 8.66. The van der Waals surface area contributed by atoms with Gasteiger partial charge in [0, 0.05) is 55.7 Å². The number of amides is 2. The zero-order valence-corrected chi connectivity index (χ0v) is 22.6. The molecule has 0 aliphatic carbocycles. The molecule has 0 saturated carbocycles. The number of aryl methyl sites for hydroxylation is 1. The summed E-state index contributed by atoms with van der Waals surface area (Å²) in [5, 5.41) is 10.4. The lowest BCUT2D eigenvalue weighted by Crippen LogP contribution is -2.25. The van der Waals surface area contributed by atoms with E-state index in [1.165, 1.54) is 6.08 Å². The Balaban J connectivity index is 1.65. The smallest absolute Gasteiger partial charge is 0.248 e. The molecule has 0 atom stereocenters. The fraction of sp³-hybridized carbons (Fsp3) is 0.179. The van der Waals surface area contributed by atoms with Gasteiger partial charge in [-0.1, -0.05) is 41.9 Å². The summed E-state index contributed by atoms with van der Waals surface area (Å²) in [4.78, 5) is 36.8. The minimum atomic E-state index is -0.213. The Bertz CT molecular complexity index is 1470. The van der Waals surface area contributed by atoms with Crippen molar-refractivity contribution in [3.8, 4) is 0 Å². The molecule has 0 aliphatic heterocycles. The number of nitrogens with zero attached hydrogens (tertiary/aromatic N) is 6. The van der Waals surface area contributed by atoms with Crippen molar-refractivity contribution in [2.75, 3.05) is 34.0 Å². The number of nitrogens with one attached hydrogen (secondary N) is 2. The van der Waals surface area contributed by atoms with Gasteiger partial charge in [-0.05, 0) is 49.8 Å². The molecule has 0 spiro atoms. The number of allylic oxidation sites excluding steroid dienone is 1. The first-order valence-electron chi connectivity index (χ1n) is 12.2. The molecular formula is C28H29ClN8O2. The summed E-state index contributed by atoms with van der Waals surface area (Å²) in [5.41, 5.74) is 3.65. The Labute approximate surface area is 231 Å². The number of carbonyl (C=O) groups is 2. The van der Waals surface area contributed by atoms with Crippen molar-refractivity contribution in [2.45, 2.75) is 13.3 Å². The number of benzene rings is 2. The highest BCUT2D eigenvalue weighted by atomic mass is 35.5. The summed E-state index contributed by atoms with van der Waals surface area (Å²) >= 11 is 6.23. The zero-order valence-electron chi connectivity index (χ0n) is 21.9. The molecule has 2 N–H and O–H groups in total. The number of carbonyl (C=O) groups excluding carboxylic acids is 2. The van der Waals surface area contributed by atoms with Crippen LogP contribution in [0.1, 0.15) is 12.5 Å². The van der Waals surface area contributed by atoms with Crippen molar-refractivity contribution in [3.05, 3.63) is 89.9 Å². The van der Waals surface area contributed by atoms with Crippen molar-refractivity contribution in [3.63, 3.8) is 0 Å². The van der Waals surface area contributed by atoms with E-state index >= 15 is 0 Å². The van der Waals surface area contributed by atoms with Crippen LogP contribution in [-0.2, 0) is 23.1 Å². The van der Waals surface area contributed by atoms with Crippen LogP contribution in [0.15, 0.2) is 79.1 Å². The molecule has 0 bridgehead atoms. The molecule has 0 unspecified atom stereocenters. The molecule has 2 aromatic carbocycles. The van der Waals surface area contributed by atoms with E-state index in [0.29, 0.717) is 41.3 Å². The third kappa shape index (κ3) is 6.99. The van der Waals surface area contributed by atoms with Crippen molar-refractivity contribution < 1.29 is 9.59 Å². The van der Waals surface area contributed by atoms with Gasteiger partial charge in [-0.15, -0.1) is 0 Å². The Morgan fingerprint density at radius 2 is 1.90 bits per heavy atom. The Kier molecular flexibility index (Phi) is 8.90. The van der Waals surface area contributed by atoms with Crippen LogP contribution in [0.2, 0.25) is 5.15 Å².